The summed E-state index contributed by atoms with van der Waals surface area (Å²) in [4.78, 5) is 13.6. The molecular formula is C25H31F3N6O2. The molecule has 194 valence electrons. The lowest BCUT2D eigenvalue weighted by Crippen LogP contribution is -2.29. The monoisotopic (exact) mass is 504 g/mol. The highest BCUT2D eigenvalue weighted by molar-refractivity contribution is 5.76. The molecule has 3 aromatic rings. The maximum atomic E-state index is 14.5. The highest BCUT2D eigenvalue weighted by atomic mass is 19.1. The van der Waals surface area contributed by atoms with Crippen LogP contribution >= 0.6 is 0 Å². The average Bonchev–Trinajstić information content (AvgIpc) is 3.42. The number of nitrogens with zero attached hydrogens (tertiary/aromatic N) is 4. The molecule has 8 nitrogen and oxygen atoms in total. The standard InChI is InChI=1S/C25H31F3N6O2/c1-25(2,36)13-3-6-16(9-13)34-22-20(12-29-23(33-22)30-15-4-7-17(35)8-5-15)31-24(34)32-21-18(27)10-14(26)11-19(21)28/h10-13,15-17,35-36H,3-9H2,1-2H3,(H,31,32)(H,29,30,33)/t13-,15?,16?,17?/m1/s1. The van der Waals surface area contributed by atoms with Crippen molar-refractivity contribution in [2.75, 3.05) is 10.6 Å². The largest absolute Gasteiger partial charge is 0.393 e. The van der Waals surface area contributed by atoms with Gasteiger partial charge in [-0.2, -0.15) is 4.98 Å². The van der Waals surface area contributed by atoms with E-state index in [-0.39, 0.29) is 30.1 Å². The fourth-order valence-corrected chi connectivity index (χ4v) is 5.40. The van der Waals surface area contributed by atoms with Crippen LogP contribution in [0.2, 0.25) is 0 Å². The van der Waals surface area contributed by atoms with Crippen LogP contribution in [0.3, 0.4) is 0 Å². The van der Waals surface area contributed by atoms with Crippen LogP contribution in [0.1, 0.15) is 64.8 Å². The molecule has 2 fully saturated rings. The van der Waals surface area contributed by atoms with Crippen molar-refractivity contribution < 1.29 is 23.4 Å². The maximum absolute atomic E-state index is 14.5. The van der Waals surface area contributed by atoms with Gasteiger partial charge in [0.25, 0.3) is 0 Å². The number of hydrogen-bond acceptors (Lipinski definition) is 7. The zero-order valence-corrected chi connectivity index (χ0v) is 20.3. The zero-order chi connectivity index (χ0) is 25.6. The lowest BCUT2D eigenvalue weighted by molar-refractivity contribution is 0.0186. The Labute approximate surface area is 207 Å². The summed E-state index contributed by atoms with van der Waals surface area (Å²) in [6.45, 7) is 3.56. The van der Waals surface area contributed by atoms with E-state index in [1.165, 1.54) is 0 Å². The third-order valence-corrected chi connectivity index (χ3v) is 7.48. The summed E-state index contributed by atoms with van der Waals surface area (Å²) in [5, 5.41) is 26.4. The molecule has 1 aromatic carbocycles. The highest BCUT2D eigenvalue weighted by Crippen LogP contribution is 2.43. The molecule has 1 unspecified atom stereocenters. The van der Waals surface area contributed by atoms with E-state index in [9.17, 15) is 23.4 Å². The van der Waals surface area contributed by atoms with E-state index in [2.05, 4.69) is 20.6 Å². The van der Waals surface area contributed by atoms with Crippen LogP contribution in [-0.2, 0) is 0 Å². The van der Waals surface area contributed by atoms with Crippen molar-refractivity contribution in [1.82, 2.24) is 19.5 Å². The predicted molar refractivity (Wildman–Crippen MR) is 129 cm³/mol. The Kier molecular flexibility index (Phi) is 6.54. The molecule has 2 aromatic heterocycles. The number of rotatable bonds is 6. The van der Waals surface area contributed by atoms with Gasteiger partial charge >= 0.3 is 0 Å². The van der Waals surface area contributed by atoms with E-state index in [0.717, 1.165) is 25.7 Å². The van der Waals surface area contributed by atoms with Crippen molar-refractivity contribution >= 4 is 28.7 Å². The quantitative estimate of drug-likeness (QED) is 0.381. The van der Waals surface area contributed by atoms with Gasteiger partial charge in [-0.3, -0.25) is 4.57 Å². The Balaban J connectivity index is 1.52. The molecular weight excluding hydrogens is 473 g/mol. The molecule has 2 aliphatic rings. The smallest absolute Gasteiger partial charge is 0.224 e. The van der Waals surface area contributed by atoms with Crippen molar-refractivity contribution in [2.45, 2.75) is 82.6 Å². The summed E-state index contributed by atoms with van der Waals surface area (Å²) in [7, 11) is 0. The first-order valence-electron chi connectivity index (χ1n) is 12.4. The first-order chi connectivity index (χ1) is 17.1. The van der Waals surface area contributed by atoms with E-state index in [1.54, 1.807) is 24.6 Å². The van der Waals surface area contributed by atoms with Crippen molar-refractivity contribution in [3.8, 4) is 0 Å². The van der Waals surface area contributed by atoms with Crippen LogP contribution in [0.5, 0.6) is 0 Å². The summed E-state index contributed by atoms with van der Waals surface area (Å²) in [5.41, 5.74) is -0.440. The van der Waals surface area contributed by atoms with Gasteiger partial charge in [0.1, 0.15) is 17.0 Å². The van der Waals surface area contributed by atoms with Gasteiger partial charge < -0.3 is 20.8 Å². The first kappa shape index (κ1) is 24.8. The van der Waals surface area contributed by atoms with Crippen LogP contribution < -0.4 is 10.6 Å². The molecule has 0 bridgehead atoms. The second-order valence-corrected chi connectivity index (χ2v) is 10.5. The summed E-state index contributed by atoms with van der Waals surface area (Å²) in [6.07, 6.45) is 6.42. The van der Waals surface area contributed by atoms with Gasteiger partial charge in [0.2, 0.25) is 11.9 Å². The number of imidazole rings is 1. The molecule has 2 saturated carbocycles. The third kappa shape index (κ3) is 4.99. The van der Waals surface area contributed by atoms with Crippen LogP contribution in [-0.4, -0.2) is 47.5 Å². The lowest BCUT2D eigenvalue weighted by Gasteiger charge is -2.26. The predicted octanol–water partition coefficient (Wildman–Crippen LogP) is 4.81. The number of aliphatic hydroxyl groups excluding tert-OH is 1. The van der Waals surface area contributed by atoms with E-state index < -0.39 is 28.7 Å². The number of aliphatic hydroxyl groups is 2. The van der Waals surface area contributed by atoms with Gasteiger partial charge in [0.05, 0.1) is 17.9 Å². The number of hydrogen-bond donors (Lipinski definition) is 4. The zero-order valence-electron chi connectivity index (χ0n) is 20.3. The molecule has 11 heteroatoms. The first-order valence-corrected chi connectivity index (χ1v) is 12.4. The average molecular weight is 505 g/mol. The Hall–Kier alpha value is -2.92. The summed E-state index contributed by atoms with van der Waals surface area (Å²) >= 11 is 0. The number of fused-ring (bicyclic) bond motifs is 1. The molecule has 0 radical (unpaired) electrons. The minimum absolute atomic E-state index is 0.0280. The van der Waals surface area contributed by atoms with Gasteiger partial charge in [-0.05, 0) is 64.7 Å². The second kappa shape index (κ2) is 9.51. The minimum atomic E-state index is -1.07. The number of nitrogens with one attached hydrogen (secondary N) is 2. The van der Waals surface area contributed by atoms with Crippen molar-refractivity contribution in [3.05, 3.63) is 35.8 Å². The molecule has 2 atom stereocenters. The molecule has 0 spiro atoms. The third-order valence-electron chi connectivity index (χ3n) is 7.48. The Morgan fingerprint density at radius 3 is 2.33 bits per heavy atom. The maximum Gasteiger partial charge on any atom is 0.224 e. The Morgan fingerprint density at radius 1 is 1.00 bits per heavy atom. The summed E-state index contributed by atoms with van der Waals surface area (Å²) < 4.78 is 44.2. The molecule has 4 N–H and O–H groups in total. The molecule has 0 saturated heterocycles. The summed E-state index contributed by atoms with van der Waals surface area (Å²) in [5.74, 6) is -2.54. The fourth-order valence-electron chi connectivity index (χ4n) is 5.40. The van der Waals surface area contributed by atoms with Crippen LogP contribution in [0.4, 0.5) is 30.8 Å². The SMILES string of the molecule is CC(C)(O)[C@@H]1CCC(n2c(Nc3c(F)cc(F)cc3F)nc3cnc(NC4CCC(O)CC4)nc32)C1. The topological polar surface area (TPSA) is 108 Å². The molecule has 2 heterocycles. The van der Waals surface area contributed by atoms with Gasteiger partial charge in [-0.25, -0.2) is 23.1 Å². The molecule has 5 rings (SSSR count). The number of halogens is 3. The minimum Gasteiger partial charge on any atom is -0.393 e. The van der Waals surface area contributed by atoms with E-state index >= 15 is 0 Å². The molecule has 0 aliphatic heterocycles. The Bertz CT molecular complexity index is 1230. The van der Waals surface area contributed by atoms with Gasteiger partial charge in [0.15, 0.2) is 17.3 Å². The van der Waals surface area contributed by atoms with Crippen molar-refractivity contribution in [2.24, 2.45) is 5.92 Å². The van der Waals surface area contributed by atoms with Crippen LogP contribution in [0.25, 0.3) is 11.2 Å². The lowest BCUT2D eigenvalue weighted by atomic mass is 9.89. The van der Waals surface area contributed by atoms with Crippen molar-refractivity contribution in [3.63, 3.8) is 0 Å². The normalized spacial score (nSPS) is 24.9. The summed E-state index contributed by atoms with van der Waals surface area (Å²) in [6, 6.07) is 1.23. The molecule has 0 amide bonds. The highest BCUT2D eigenvalue weighted by Gasteiger charge is 2.37. The van der Waals surface area contributed by atoms with Crippen LogP contribution in [0, 0.1) is 23.4 Å². The second-order valence-electron chi connectivity index (χ2n) is 10.5. The van der Waals surface area contributed by atoms with Gasteiger partial charge in [-0.15, -0.1) is 0 Å². The van der Waals surface area contributed by atoms with Gasteiger partial charge in [0, 0.05) is 24.2 Å². The molecule has 36 heavy (non-hydrogen) atoms. The van der Waals surface area contributed by atoms with Crippen LogP contribution in [0.15, 0.2) is 18.3 Å². The number of aromatic nitrogens is 4. The number of benzene rings is 1. The van der Waals surface area contributed by atoms with E-state index in [0.29, 0.717) is 48.5 Å². The fraction of sp³-hybridized carbons (Fsp3) is 0.560. The number of anilines is 3. The van der Waals surface area contributed by atoms with Gasteiger partial charge in [-0.1, -0.05) is 0 Å². The van der Waals surface area contributed by atoms with E-state index in [1.807, 2.05) is 0 Å². The van der Waals surface area contributed by atoms with E-state index in [4.69, 9.17) is 4.98 Å². The molecule has 2 aliphatic carbocycles. The van der Waals surface area contributed by atoms with Crippen molar-refractivity contribution in [1.29, 1.82) is 0 Å². The Morgan fingerprint density at radius 2 is 1.69 bits per heavy atom.